The molecule has 0 aromatic rings. The predicted molar refractivity (Wildman–Crippen MR) is 31.5 cm³/mol. The van der Waals surface area contributed by atoms with Crippen LogP contribution >= 0.6 is 0 Å². The Bertz CT molecular complexity index is 117. The van der Waals surface area contributed by atoms with Crippen molar-refractivity contribution in [1.82, 2.24) is 4.90 Å². The van der Waals surface area contributed by atoms with Crippen molar-refractivity contribution in [3.8, 4) is 0 Å². The van der Waals surface area contributed by atoms with Gasteiger partial charge >= 0.3 is 6.30 Å². The number of alkyl halides is 3. The van der Waals surface area contributed by atoms with Crippen LogP contribution in [0.1, 0.15) is 19.8 Å². The van der Waals surface area contributed by atoms with E-state index in [1.807, 2.05) is 0 Å². The van der Waals surface area contributed by atoms with Gasteiger partial charge in [-0.25, -0.2) is 4.90 Å². The van der Waals surface area contributed by atoms with Crippen molar-refractivity contribution in [3.63, 3.8) is 0 Å². The van der Waals surface area contributed by atoms with Crippen LogP contribution in [0.15, 0.2) is 0 Å². The Morgan fingerprint density at radius 2 is 1.90 bits per heavy atom. The highest BCUT2D eigenvalue weighted by Gasteiger charge is 2.44. The Balaban J connectivity index is 2.46. The molecule has 0 radical (unpaired) electrons. The average Bonchev–Trinajstić information content (AvgIpc) is 2.46. The zero-order chi connectivity index (χ0) is 7.78. The van der Waals surface area contributed by atoms with E-state index in [9.17, 15) is 13.2 Å². The third-order valence-electron chi connectivity index (χ3n) is 1.65. The number of rotatable bonds is 2. The Hall–Kier alpha value is -0.250. The van der Waals surface area contributed by atoms with Crippen molar-refractivity contribution in [3.05, 3.63) is 0 Å². The molecule has 10 heavy (non-hydrogen) atoms. The first-order valence-corrected chi connectivity index (χ1v) is 3.39. The third kappa shape index (κ3) is 1.62. The highest BCUT2D eigenvalue weighted by atomic mass is 19.4. The van der Waals surface area contributed by atoms with Crippen molar-refractivity contribution in [1.29, 1.82) is 0 Å². The molecule has 0 amide bonds. The number of halogens is 3. The molecule has 0 atom stereocenters. The van der Waals surface area contributed by atoms with E-state index in [1.165, 1.54) is 6.92 Å². The first-order valence-electron chi connectivity index (χ1n) is 3.39. The van der Waals surface area contributed by atoms with Gasteiger partial charge in [-0.05, 0) is 12.8 Å². The van der Waals surface area contributed by atoms with Crippen LogP contribution < -0.4 is 0 Å². The lowest BCUT2D eigenvalue weighted by Crippen LogP contribution is -2.39. The summed E-state index contributed by atoms with van der Waals surface area (Å²) in [5.74, 6) is 0. The molecule has 0 N–H and O–H groups in total. The number of hydrogen-bond donors (Lipinski definition) is 0. The molecule has 0 aromatic heterocycles. The van der Waals surface area contributed by atoms with Crippen LogP contribution in [0.5, 0.6) is 0 Å². The molecule has 1 saturated carbocycles. The molecule has 0 saturated heterocycles. The Kier molecular flexibility index (Phi) is 1.90. The van der Waals surface area contributed by atoms with Gasteiger partial charge in [-0.3, -0.25) is 0 Å². The van der Waals surface area contributed by atoms with Gasteiger partial charge in [0.1, 0.15) is 0 Å². The van der Waals surface area contributed by atoms with Gasteiger partial charge in [-0.15, -0.1) is 0 Å². The summed E-state index contributed by atoms with van der Waals surface area (Å²) in [5.41, 5.74) is 0. The minimum atomic E-state index is -4.12. The van der Waals surface area contributed by atoms with Gasteiger partial charge < -0.3 is 0 Å². The van der Waals surface area contributed by atoms with Crippen molar-refractivity contribution in [2.75, 3.05) is 6.54 Å². The van der Waals surface area contributed by atoms with E-state index in [2.05, 4.69) is 0 Å². The van der Waals surface area contributed by atoms with Crippen molar-refractivity contribution < 1.29 is 13.2 Å². The molecule has 0 heterocycles. The van der Waals surface area contributed by atoms with Gasteiger partial charge in [0.05, 0.1) is 0 Å². The molecule has 0 aromatic carbocycles. The van der Waals surface area contributed by atoms with E-state index in [4.69, 9.17) is 0 Å². The maximum Gasteiger partial charge on any atom is 0.460 e. The standard InChI is InChI=1S/C6H10F3N/c1-2-10(5-3-4-5)6(7,8)9/h5H,2-4H2,1H3. The number of nitrogens with zero attached hydrogens (tertiary/aromatic N) is 1. The van der Waals surface area contributed by atoms with E-state index in [-0.39, 0.29) is 12.6 Å². The Morgan fingerprint density at radius 3 is 2.00 bits per heavy atom. The van der Waals surface area contributed by atoms with Crippen LogP contribution in [0.25, 0.3) is 0 Å². The van der Waals surface area contributed by atoms with E-state index in [0.717, 1.165) is 0 Å². The summed E-state index contributed by atoms with van der Waals surface area (Å²) in [6.45, 7) is 1.61. The normalized spacial score (nSPS) is 20.1. The molecule has 1 fully saturated rings. The van der Waals surface area contributed by atoms with E-state index in [1.54, 1.807) is 0 Å². The first-order chi connectivity index (χ1) is 4.55. The van der Waals surface area contributed by atoms with E-state index >= 15 is 0 Å². The summed E-state index contributed by atoms with van der Waals surface area (Å²) >= 11 is 0. The molecule has 60 valence electrons. The molecule has 1 aliphatic carbocycles. The molecule has 0 bridgehead atoms. The van der Waals surface area contributed by atoms with Gasteiger partial charge in [-0.2, -0.15) is 13.2 Å². The fraction of sp³-hybridized carbons (Fsp3) is 1.00. The third-order valence-corrected chi connectivity index (χ3v) is 1.65. The minimum Gasteiger partial charge on any atom is -0.212 e. The van der Waals surface area contributed by atoms with Gasteiger partial charge in [0.25, 0.3) is 0 Å². The zero-order valence-corrected chi connectivity index (χ0v) is 5.78. The fourth-order valence-electron chi connectivity index (χ4n) is 1.03. The van der Waals surface area contributed by atoms with Gasteiger partial charge in [0, 0.05) is 12.6 Å². The SMILES string of the molecule is CCN(C1CC1)C(F)(F)F. The van der Waals surface area contributed by atoms with Crippen LogP contribution in [-0.4, -0.2) is 23.8 Å². The topological polar surface area (TPSA) is 3.24 Å². The van der Waals surface area contributed by atoms with Gasteiger partial charge in [0.15, 0.2) is 0 Å². The summed E-state index contributed by atoms with van der Waals surface area (Å²) in [6.07, 6.45) is -2.71. The molecular formula is C6H10F3N. The lowest BCUT2D eigenvalue weighted by atomic mass is 10.5. The van der Waals surface area contributed by atoms with Crippen molar-refractivity contribution in [2.45, 2.75) is 32.1 Å². The van der Waals surface area contributed by atoms with Crippen LogP contribution in [0, 0.1) is 0 Å². The smallest absolute Gasteiger partial charge is 0.212 e. The maximum atomic E-state index is 11.9. The summed E-state index contributed by atoms with van der Waals surface area (Å²) in [4.78, 5) is 0.590. The van der Waals surface area contributed by atoms with Gasteiger partial charge in [0.2, 0.25) is 0 Å². The second kappa shape index (κ2) is 2.42. The largest absolute Gasteiger partial charge is 0.460 e. The summed E-state index contributed by atoms with van der Waals surface area (Å²) in [5, 5.41) is 0. The lowest BCUT2D eigenvalue weighted by Gasteiger charge is -2.22. The minimum absolute atomic E-state index is 0.0775. The summed E-state index contributed by atoms with van der Waals surface area (Å²) in [6, 6.07) is -0.218. The number of hydrogen-bond acceptors (Lipinski definition) is 1. The molecule has 1 nitrogen and oxygen atoms in total. The average molecular weight is 153 g/mol. The van der Waals surface area contributed by atoms with Gasteiger partial charge in [-0.1, -0.05) is 6.92 Å². The van der Waals surface area contributed by atoms with Crippen molar-refractivity contribution in [2.24, 2.45) is 0 Å². The highest BCUT2D eigenvalue weighted by molar-refractivity contribution is 4.84. The summed E-state index contributed by atoms with van der Waals surface area (Å²) < 4.78 is 35.8. The second-order valence-electron chi connectivity index (χ2n) is 2.49. The molecule has 0 spiro atoms. The fourth-order valence-corrected chi connectivity index (χ4v) is 1.03. The van der Waals surface area contributed by atoms with Crippen LogP contribution in [-0.2, 0) is 0 Å². The molecule has 0 aliphatic heterocycles. The second-order valence-corrected chi connectivity index (χ2v) is 2.49. The first kappa shape index (κ1) is 7.85. The molecular weight excluding hydrogens is 143 g/mol. The van der Waals surface area contributed by atoms with Crippen LogP contribution in [0.4, 0.5) is 13.2 Å². The molecule has 1 rings (SSSR count). The quantitative estimate of drug-likeness (QED) is 0.548. The summed E-state index contributed by atoms with van der Waals surface area (Å²) in [7, 11) is 0. The predicted octanol–water partition coefficient (Wildman–Crippen LogP) is 1.99. The zero-order valence-electron chi connectivity index (χ0n) is 5.78. The Morgan fingerprint density at radius 1 is 1.40 bits per heavy atom. The van der Waals surface area contributed by atoms with Crippen molar-refractivity contribution >= 4 is 0 Å². The molecule has 0 unspecified atom stereocenters. The molecule has 4 heteroatoms. The van der Waals surface area contributed by atoms with E-state index < -0.39 is 6.30 Å². The molecule has 1 aliphatic rings. The Labute approximate surface area is 57.8 Å². The van der Waals surface area contributed by atoms with E-state index in [0.29, 0.717) is 17.7 Å². The maximum absolute atomic E-state index is 11.9. The monoisotopic (exact) mass is 153 g/mol. The van der Waals surface area contributed by atoms with Crippen LogP contribution in [0.2, 0.25) is 0 Å². The highest BCUT2D eigenvalue weighted by Crippen LogP contribution is 2.34. The lowest BCUT2D eigenvalue weighted by molar-refractivity contribution is -0.247. The van der Waals surface area contributed by atoms with Crippen LogP contribution in [0.3, 0.4) is 0 Å².